The van der Waals surface area contributed by atoms with E-state index in [0.29, 0.717) is 6.04 Å². The fourth-order valence-electron chi connectivity index (χ4n) is 2.15. The third-order valence-electron chi connectivity index (χ3n) is 2.94. The van der Waals surface area contributed by atoms with E-state index in [1.54, 1.807) is 0 Å². The van der Waals surface area contributed by atoms with Crippen LogP contribution in [0.1, 0.15) is 34.1 Å². The van der Waals surface area contributed by atoms with Crippen LogP contribution in [0.15, 0.2) is 0 Å². The molecule has 0 amide bonds. The van der Waals surface area contributed by atoms with E-state index in [1.807, 2.05) is 0 Å². The molecule has 1 rings (SSSR count). The summed E-state index contributed by atoms with van der Waals surface area (Å²) >= 11 is 0. The van der Waals surface area contributed by atoms with E-state index in [0.717, 1.165) is 13.1 Å². The quantitative estimate of drug-likeness (QED) is 0.733. The summed E-state index contributed by atoms with van der Waals surface area (Å²) in [6.45, 7) is 10.2. The lowest BCUT2D eigenvalue weighted by atomic mass is 9.96. The SMILES string of the molecule is CC(C)N1CC(C)(C)NCC1CC(=O)O. The Morgan fingerprint density at radius 3 is 2.67 bits per heavy atom. The molecule has 15 heavy (non-hydrogen) atoms. The Labute approximate surface area is 91.6 Å². The number of carbonyl (C=O) groups is 1. The molecule has 0 saturated carbocycles. The van der Waals surface area contributed by atoms with Crippen molar-refractivity contribution < 1.29 is 9.90 Å². The Morgan fingerprint density at radius 2 is 2.20 bits per heavy atom. The summed E-state index contributed by atoms with van der Waals surface area (Å²) in [5.41, 5.74) is 0.0826. The van der Waals surface area contributed by atoms with Crippen LogP contribution in [0, 0.1) is 0 Å². The second kappa shape index (κ2) is 4.49. The molecule has 1 aliphatic rings. The molecule has 1 heterocycles. The lowest BCUT2D eigenvalue weighted by molar-refractivity contribution is -0.139. The molecule has 0 spiro atoms. The maximum Gasteiger partial charge on any atom is 0.304 e. The van der Waals surface area contributed by atoms with Gasteiger partial charge >= 0.3 is 5.97 Å². The number of hydrogen-bond donors (Lipinski definition) is 2. The molecular weight excluding hydrogens is 192 g/mol. The number of rotatable bonds is 3. The highest BCUT2D eigenvalue weighted by Gasteiger charge is 2.34. The summed E-state index contributed by atoms with van der Waals surface area (Å²) in [5, 5.41) is 12.2. The Hall–Kier alpha value is -0.610. The molecule has 0 aliphatic carbocycles. The van der Waals surface area contributed by atoms with Gasteiger partial charge in [-0.15, -0.1) is 0 Å². The van der Waals surface area contributed by atoms with Gasteiger partial charge in [0, 0.05) is 30.7 Å². The molecule has 1 fully saturated rings. The zero-order valence-electron chi connectivity index (χ0n) is 10.1. The lowest BCUT2D eigenvalue weighted by Gasteiger charge is -2.46. The molecule has 0 bridgehead atoms. The summed E-state index contributed by atoms with van der Waals surface area (Å²) in [7, 11) is 0. The van der Waals surface area contributed by atoms with Crippen molar-refractivity contribution in [2.24, 2.45) is 0 Å². The van der Waals surface area contributed by atoms with Gasteiger partial charge in [0.1, 0.15) is 0 Å². The maximum atomic E-state index is 10.7. The molecule has 1 aliphatic heterocycles. The first kappa shape index (κ1) is 12.5. The third-order valence-corrected chi connectivity index (χ3v) is 2.94. The predicted octanol–water partition coefficient (Wildman–Crippen LogP) is 0.922. The summed E-state index contributed by atoms with van der Waals surface area (Å²) in [4.78, 5) is 13.0. The van der Waals surface area contributed by atoms with E-state index in [1.165, 1.54) is 0 Å². The molecule has 2 N–H and O–H groups in total. The van der Waals surface area contributed by atoms with E-state index in [-0.39, 0.29) is 18.0 Å². The lowest BCUT2D eigenvalue weighted by Crippen LogP contribution is -2.63. The minimum absolute atomic E-state index is 0.0826. The number of nitrogens with one attached hydrogen (secondary N) is 1. The second-order valence-electron chi connectivity index (χ2n) is 5.28. The van der Waals surface area contributed by atoms with Crippen LogP contribution in [0.25, 0.3) is 0 Å². The molecule has 0 aromatic rings. The van der Waals surface area contributed by atoms with Crippen LogP contribution in [0.5, 0.6) is 0 Å². The van der Waals surface area contributed by atoms with Crippen LogP contribution in [-0.4, -0.2) is 46.7 Å². The second-order valence-corrected chi connectivity index (χ2v) is 5.28. The van der Waals surface area contributed by atoms with E-state index >= 15 is 0 Å². The number of carboxylic acid groups (broad SMARTS) is 1. The van der Waals surface area contributed by atoms with Crippen molar-refractivity contribution in [1.82, 2.24) is 10.2 Å². The number of carboxylic acids is 1. The van der Waals surface area contributed by atoms with E-state index in [2.05, 4.69) is 37.9 Å². The maximum absolute atomic E-state index is 10.7. The van der Waals surface area contributed by atoms with Gasteiger partial charge in [0.15, 0.2) is 0 Å². The molecule has 1 saturated heterocycles. The fourth-order valence-corrected chi connectivity index (χ4v) is 2.15. The standard InChI is InChI=1S/C11H22N2O2/c1-8(2)13-7-11(3,4)12-6-9(13)5-10(14)15/h8-9,12H,5-7H2,1-4H3,(H,14,15). The van der Waals surface area contributed by atoms with Crippen molar-refractivity contribution in [2.45, 2.75) is 51.7 Å². The number of hydrogen-bond acceptors (Lipinski definition) is 3. The summed E-state index contributed by atoms with van der Waals surface area (Å²) in [6.07, 6.45) is 0.223. The van der Waals surface area contributed by atoms with E-state index < -0.39 is 5.97 Å². The Kier molecular flexibility index (Phi) is 3.73. The van der Waals surface area contributed by atoms with E-state index in [4.69, 9.17) is 5.11 Å². The van der Waals surface area contributed by atoms with Crippen LogP contribution < -0.4 is 5.32 Å². The highest BCUT2D eigenvalue weighted by molar-refractivity contribution is 5.67. The normalized spacial score (nSPS) is 26.9. The fraction of sp³-hybridized carbons (Fsp3) is 0.909. The first-order valence-electron chi connectivity index (χ1n) is 5.54. The van der Waals surface area contributed by atoms with Gasteiger partial charge in [0.2, 0.25) is 0 Å². The van der Waals surface area contributed by atoms with Crippen LogP contribution >= 0.6 is 0 Å². The number of nitrogens with zero attached hydrogens (tertiary/aromatic N) is 1. The highest BCUT2D eigenvalue weighted by Crippen LogP contribution is 2.19. The molecule has 4 heteroatoms. The molecule has 0 aromatic heterocycles. The number of aliphatic carboxylic acids is 1. The first-order valence-corrected chi connectivity index (χ1v) is 5.54. The monoisotopic (exact) mass is 214 g/mol. The average Bonchev–Trinajstić information content (AvgIpc) is 2.07. The van der Waals surface area contributed by atoms with Crippen molar-refractivity contribution in [2.75, 3.05) is 13.1 Å². The molecule has 1 unspecified atom stereocenters. The minimum atomic E-state index is -0.716. The van der Waals surface area contributed by atoms with Crippen molar-refractivity contribution in [3.63, 3.8) is 0 Å². The third kappa shape index (κ3) is 3.47. The average molecular weight is 214 g/mol. The smallest absolute Gasteiger partial charge is 0.304 e. The van der Waals surface area contributed by atoms with Gasteiger partial charge in [-0.05, 0) is 27.7 Å². The molecular formula is C11H22N2O2. The van der Waals surface area contributed by atoms with Gasteiger partial charge in [-0.3, -0.25) is 9.69 Å². The summed E-state index contributed by atoms with van der Waals surface area (Å²) in [5.74, 6) is -0.716. The Morgan fingerprint density at radius 1 is 1.60 bits per heavy atom. The van der Waals surface area contributed by atoms with Crippen molar-refractivity contribution in [1.29, 1.82) is 0 Å². The van der Waals surface area contributed by atoms with Gasteiger partial charge in [-0.2, -0.15) is 0 Å². The Balaban J connectivity index is 2.67. The zero-order valence-corrected chi connectivity index (χ0v) is 10.1. The van der Waals surface area contributed by atoms with Crippen LogP contribution in [0.2, 0.25) is 0 Å². The van der Waals surface area contributed by atoms with Crippen LogP contribution in [-0.2, 0) is 4.79 Å². The first-order chi connectivity index (χ1) is 6.82. The molecule has 0 radical (unpaired) electrons. The van der Waals surface area contributed by atoms with Gasteiger partial charge in [-0.1, -0.05) is 0 Å². The largest absolute Gasteiger partial charge is 0.481 e. The van der Waals surface area contributed by atoms with Crippen molar-refractivity contribution in [3.05, 3.63) is 0 Å². The molecule has 88 valence electrons. The summed E-state index contributed by atoms with van der Waals surface area (Å²) < 4.78 is 0. The van der Waals surface area contributed by atoms with Gasteiger partial charge in [0.05, 0.1) is 6.42 Å². The highest BCUT2D eigenvalue weighted by atomic mass is 16.4. The van der Waals surface area contributed by atoms with Crippen molar-refractivity contribution in [3.8, 4) is 0 Å². The molecule has 0 aromatic carbocycles. The van der Waals surface area contributed by atoms with Crippen LogP contribution in [0.3, 0.4) is 0 Å². The van der Waals surface area contributed by atoms with Crippen molar-refractivity contribution >= 4 is 5.97 Å². The van der Waals surface area contributed by atoms with Crippen LogP contribution in [0.4, 0.5) is 0 Å². The Bertz CT molecular complexity index is 239. The molecule has 1 atom stereocenters. The number of piperazine rings is 1. The molecule has 4 nitrogen and oxygen atoms in total. The predicted molar refractivity (Wildman–Crippen MR) is 60.0 cm³/mol. The minimum Gasteiger partial charge on any atom is -0.481 e. The van der Waals surface area contributed by atoms with E-state index in [9.17, 15) is 4.79 Å². The summed E-state index contributed by atoms with van der Waals surface area (Å²) in [6, 6.07) is 0.520. The van der Waals surface area contributed by atoms with Gasteiger partial charge < -0.3 is 10.4 Å². The van der Waals surface area contributed by atoms with Gasteiger partial charge in [0.25, 0.3) is 0 Å². The van der Waals surface area contributed by atoms with Gasteiger partial charge in [-0.25, -0.2) is 0 Å². The zero-order chi connectivity index (χ0) is 11.6. The topological polar surface area (TPSA) is 52.6 Å².